The number of hydrogen-bond donors (Lipinski definition) is 2. The molecule has 0 heterocycles. The lowest BCUT2D eigenvalue weighted by Crippen LogP contribution is -2.27. The smallest absolute Gasteiger partial charge is 0.262 e. The highest BCUT2D eigenvalue weighted by molar-refractivity contribution is 7.89. The summed E-state index contributed by atoms with van der Waals surface area (Å²) in [5.74, 6) is -0.126. The van der Waals surface area contributed by atoms with E-state index in [-0.39, 0.29) is 28.2 Å². The quantitative estimate of drug-likeness (QED) is 0.461. The second-order valence-corrected chi connectivity index (χ2v) is 9.35. The summed E-state index contributed by atoms with van der Waals surface area (Å²) in [4.78, 5) is 12.2. The number of benzene rings is 3. The number of ether oxygens (including phenoxy) is 1. The van der Waals surface area contributed by atoms with E-state index in [0.29, 0.717) is 5.69 Å². The lowest BCUT2D eigenvalue weighted by atomic mass is 10.1. The number of amides is 1. The molecule has 6 nitrogen and oxygen atoms in total. The Kier molecular flexibility index (Phi) is 7.90. The van der Waals surface area contributed by atoms with Gasteiger partial charge in [0, 0.05) is 11.7 Å². The monoisotopic (exact) mass is 472 g/mol. The molecule has 0 saturated heterocycles. The normalized spacial score (nSPS) is 12.2. The number of hydrogen-bond acceptors (Lipinski definition) is 4. The molecule has 3 aromatic carbocycles. The zero-order valence-electron chi connectivity index (χ0n) is 17.8. The number of nitrogens with one attached hydrogen (secondary N) is 2. The summed E-state index contributed by atoms with van der Waals surface area (Å²) in [6.45, 7) is 3.56. The molecule has 32 heavy (non-hydrogen) atoms. The maximum atomic E-state index is 12.7. The lowest BCUT2D eigenvalue weighted by Gasteiger charge is -2.15. The number of anilines is 1. The highest BCUT2D eigenvalue weighted by Crippen LogP contribution is 2.28. The fourth-order valence-corrected chi connectivity index (χ4v) is 4.60. The first-order valence-electron chi connectivity index (χ1n) is 10.2. The van der Waals surface area contributed by atoms with Crippen molar-refractivity contribution in [1.82, 2.24) is 4.72 Å². The third-order valence-electron chi connectivity index (χ3n) is 4.85. The van der Waals surface area contributed by atoms with Crippen molar-refractivity contribution in [3.63, 3.8) is 0 Å². The van der Waals surface area contributed by atoms with E-state index in [1.807, 2.05) is 54.6 Å². The molecule has 1 atom stereocenters. The minimum absolute atomic E-state index is 0.0121. The number of aryl methyl sites for hydroxylation is 1. The van der Waals surface area contributed by atoms with Gasteiger partial charge in [-0.1, -0.05) is 61.0 Å². The van der Waals surface area contributed by atoms with Gasteiger partial charge in [0.1, 0.15) is 5.75 Å². The largest absolute Gasteiger partial charge is 0.482 e. The summed E-state index contributed by atoms with van der Waals surface area (Å²) < 4.78 is 33.5. The van der Waals surface area contributed by atoms with Crippen LogP contribution in [0.15, 0.2) is 77.7 Å². The van der Waals surface area contributed by atoms with Crippen LogP contribution in [0.25, 0.3) is 0 Å². The van der Waals surface area contributed by atoms with Gasteiger partial charge in [-0.25, -0.2) is 13.1 Å². The molecule has 0 aliphatic rings. The second kappa shape index (κ2) is 10.6. The Bertz CT molecular complexity index is 1170. The molecule has 1 amide bonds. The molecule has 0 unspecified atom stereocenters. The van der Waals surface area contributed by atoms with E-state index >= 15 is 0 Å². The van der Waals surface area contributed by atoms with Crippen LogP contribution in [0.2, 0.25) is 5.02 Å². The molecule has 0 saturated carbocycles. The summed E-state index contributed by atoms with van der Waals surface area (Å²) in [6.07, 6.45) is 0.919. The zero-order chi connectivity index (χ0) is 23.1. The molecule has 0 fully saturated rings. The molecule has 0 aliphatic carbocycles. The lowest BCUT2D eigenvalue weighted by molar-refractivity contribution is -0.118. The van der Waals surface area contributed by atoms with Gasteiger partial charge in [0.15, 0.2) is 6.61 Å². The van der Waals surface area contributed by atoms with Gasteiger partial charge in [-0.3, -0.25) is 4.79 Å². The first-order valence-corrected chi connectivity index (χ1v) is 12.0. The van der Waals surface area contributed by atoms with Crippen LogP contribution in [0, 0.1) is 0 Å². The van der Waals surface area contributed by atoms with Gasteiger partial charge < -0.3 is 10.1 Å². The van der Waals surface area contributed by atoms with Gasteiger partial charge >= 0.3 is 0 Å². The van der Waals surface area contributed by atoms with Gasteiger partial charge in [0.05, 0.1) is 9.92 Å². The Morgan fingerprint density at radius 2 is 1.72 bits per heavy atom. The van der Waals surface area contributed by atoms with Crippen LogP contribution in [-0.2, 0) is 21.2 Å². The van der Waals surface area contributed by atoms with Gasteiger partial charge in [-0.2, -0.15) is 0 Å². The van der Waals surface area contributed by atoms with Crippen LogP contribution in [0.4, 0.5) is 5.69 Å². The van der Waals surface area contributed by atoms with Crippen LogP contribution in [0.3, 0.4) is 0 Å². The van der Waals surface area contributed by atoms with E-state index in [4.69, 9.17) is 16.3 Å². The Hall–Kier alpha value is -2.87. The number of carbonyl (C=O) groups excluding carboxylic acids is 1. The van der Waals surface area contributed by atoms with Crippen LogP contribution in [0.1, 0.15) is 31.0 Å². The number of halogens is 1. The third kappa shape index (κ3) is 6.32. The summed E-state index contributed by atoms with van der Waals surface area (Å²) in [6, 6.07) is 20.5. The Labute approximate surface area is 193 Å². The predicted octanol–water partition coefficient (Wildman–Crippen LogP) is 4.96. The SMILES string of the molecule is CCc1ccc(NC(=O)COc2ccc(S(=O)(=O)N[C@@H](C)c3ccccc3)cc2Cl)cc1. The van der Waals surface area contributed by atoms with E-state index in [9.17, 15) is 13.2 Å². The Balaban J connectivity index is 1.60. The van der Waals surface area contributed by atoms with Gasteiger partial charge in [0.25, 0.3) is 5.91 Å². The minimum Gasteiger partial charge on any atom is -0.482 e. The van der Waals surface area contributed by atoms with E-state index in [1.165, 1.54) is 23.8 Å². The first-order chi connectivity index (χ1) is 15.3. The molecule has 0 aromatic heterocycles. The van der Waals surface area contributed by atoms with E-state index in [2.05, 4.69) is 17.0 Å². The molecule has 8 heteroatoms. The van der Waals surface area contributed by atoms with Crippen molar-refractivity contribution >= 4 is 33.2 Å². The fraction of sp³-hybridized carbons (Fsp3) is 0.208. The van der Waals surface area contributed by atoms with Crippen molar-refractivity contribution in [1.29, 1.82) is 0 Å². The van der Waals surface area contributed by atoms with E-state index in [1.54, 1.807) is 6.92 Å². The Morgan fingerprint density at radius 1 is 1.03 bits per heavy atom. The van der Waals surface area contributed by atoms with Gasteiger partial charge in [0.2, 0.25) is 10.0 Å². The van der Waals surface area contributed by atoms with Crippen molar-refractivity contribution in [2.75, 3.05) is 11.9 Å². The summed E-state index contributed by atoms with van der Waals surface area (Å²) in [5.41, 5.74) is 2.69. The highest BCUT2D eigenvalue weighted by Gasteiger charge is 2.20. The fourth-order valence-electron chi connectivity index (χ4n) is 3.04. The maximum Gasteiger partial charge on any atom is 0.262 e. The molecule has 168 valence electrons. The van der Waals surface area contributed by atoms with Gasteiger partial charge in [-0.15, -0.1) is 0 Å². The highest BCUT2D eigenvalue weighted by atomic mass is 35.5. The van der Waals surface area contributed by atoms with Crippen LogP contribution >= 0.6 is 11.6 Å². The summed E-state index contributed by atoms with van der Waals surface area (Å²) in [5, 5.41) is 2.84. The average Bonchev–Trinajstić information content (AvgIpc) is 2.79. The minimum atomic E-state index is -3.79. The van der Waals surface area contributed by atoms with Crippen molar-refractivity contribution in [2.24, 2.45) is 0 Å². The molecule has 0 bridgehead atoms. The number of rotatable bonds is 9. The number of sulfonamides is 1. The van der Waals surface area contributed by atoms with Gasteiger partial charge in [-0.05, 0) is 54.8 Å². The van der Waals surface area contributed by atoms with Crippen molar-refractivity contribution in [3.8, 4) is 5.75 Å². The number of carbonyl (C=O) groups is 1. The summed E-state index contributed by atoms with van der Waals surface area (Å²) >= 11 is 6.22. The van der Waals surface area contributed by atoms with Crippen LogP contribution in [0.5, 0.6) is 5.75 Å². The molecular weight excluding hydrogens is 448 g/mol. The van der Waals surface area contributed by atoms with E-state index < -0.39 is 16.1 Å². The molecule has 0 aliphatic heterocycles. The molecule has 3 aromatic rings. The molecule has 0 radical (unpaired) electrons. The molecule has 3 rings (SSSR count). The Morgan fingerprint density at radius 3 is 2.34 bits per heavy atom. The predicted molar refractivity (Wildman–Crippen MR) is 127 cm³/mol. The second-order valence-electron chi connectivity index (χ2n) is 7.23. The topological polar surface area (TPSA) is 84.5 Å². The van der Waals surface area contributed by atoms with Crippen LogP contribution in [-0.4, -0.2) is 20.9 Å². The molecule has 0 spiro atoms. The van der Waals surface area contributed by atoms with Crippen molar-refractivity contribution < 1.29 is 17.9 Å². The maximum absolute atomic E-state index is 12.7. The first kappa shape index (κ1) is 23.8. The standard InChI is InChI=1S/C24H25ClN2O4S/c1-3-18-9-11-20(12-10-18)26-24(28)16-31-23-14-13-21(15-22(23)25)32(29,30)27-17(2)19-7-5-4-6-8-19/h4-15,17,27H,3,16H2,1-2H3,(H,26,28)/t17-/m0/s1. The van der Waals surface area contributed by atoms with Crippen molar-refractivity contribution in [3.05, 3.63) is 88.9 Å². The van der Waals surface area contributed by atoms with E-state index in [0.717, 1.165) is 12.0 Å². The van der Waals surface area contributed by atoms with Crippen molar-refractivity contribution in [2.45, 2.75) is 31.2 Å². The molecule has 2 N–H and O–H groups in total. The summed E-state index contributed by atoms with van der Waals surface area (Å²) in [7, 11) is -3.79. The average molecular weight is 473 g/mol. The van der Waals surface area contributed by atoms with Crippen LogP contribution < -0.4 is 14.8 Å². The molecular formula is C24H25ClN2O4S. The zero-order valence-corrected chi connectivity index (χ0v) is 19.4. The third-order valence-corrected chi connectivity index (χ3v) is 6.68.